The maximum atomic E-state index is 10.0. The van der Waals surface area contributed by atoms with Crippen LogP contribution in [-0.4, -0.2) is 13.1 Å². The van der Waals surface area contributed by atoms with E-state index in [1.54, 1.807) is 0 Å². The van der Waals surface area contributed by atoms with E-state index in [9.17, 15) is 4.79 Å². The van der Waals surface area contributed by atoms with Crippen LogP contribution in [0.3, 0.4) is 0 Å². The summed E-state index contributed by atoms with van der Waals surface area (Å²) < 4.78 is 9.82. The molecule has 3 nitrogen and oxygen atoms in total. The van der Waals surface area contributed by atoms with Crippen LogP contribution in [0, 0.1) is 0 Å². The highest BCUT2D eigenvalue weighted by Crippen LogP contribution is 2.16. The Morgan fingerprint density at radius 1 is 1.38 bits per heavy atom. The molecule has 0 amide bonds. The van der Waals surface area contributed by atoms with Gasteiger partial charge in [0.05, 0.1) is 0 Å². The molecule has 0 fully saturated rings. The van der Waals surface area contributed by atoms with Crippen LogP contribution >= 0.6 is 0 Å². The van der Waals surface area contributed by atoms with Crippen LogP contribution in [0.4, 0.5) is 0 Å². The zero-order chi connectivity index (χ0) is 9.52. The molecule has 0 bridgehead atoms. The summed E-state index contributed by atoms with van der Waals surface area (Å²) in [6, 6.07) is 9.26. The fourth-order valence-electron chi connectivity index (χ4n) is 1.00. The number of hydrogen-bond donors (Lipinski definition) is 0. The third-order valence-electron chi connectivity index (χ3n) is 1.54. The molecule has 1 aromatic carbocycles. The number of carbonyl (C=O) groups excluding carboxylic acids is 1. The first kappa shape index (κ1) is 9.74. The fourth-order valence-corrected chi connectivity index (χ4v) is 1.00. The number of rotatable bonds is 5. The van der Waals surface area contributed by atoms with E-state index in [1.807, 2.05) is 37.3 Å². The third-order valence-corrected chi connectivity index (χ3v) is 1.54. The first-order valence-corrected chi connectivity index (χ1v) is 4.07. The molecule has 0 spiro atoms. The van der Waals surface area contributed by atoms with Gasteiger partial charge in [0.15, 0.2) is 0 Å². The van der Waals surface area contributed by atoms with Gasteiger partial charge in [-0.1, -0.05) is 30.3 Å². The monoisotopic (exact) mass is 179 g/mol. The van der Waals surface area contributed by atoms with E-state index in [4.69, 9.17) is 4.74 Å². The second-order valence-electron chi connectivity index (χ2n) is 2.40. The molecule has 1 aromatic rings. The maximum absolute atomic E-state index is 10.0. The molecular formula is C10H11O3. The minimum atomic E-state index is -0.635. The number of hydrogen-bond acceptors (Lipinski definition) is 3. The molecule has 0 aliphatic heterocycles. The molecule has 1 rings (SSSR count). The van der Waals surface area contributed by atoms with Crippen molar-refractivity contribution in [2.75, 3.05) is 6.61 Å². The average Bonchev–Trinajstić information content (AvgIpc) is 2.19. The minimum Gasteiger partial charge on any atom is -0.423 e. The maximum Gasteiger partial charge on any atom is 0.420 e. The van der Waals surface area contributed by atoms with Gasteiger partial charge in [0.2, 0.25) is 6.29 Å². The summed E-state index contributed by atoms with van der Waals surface area (Å²) in [5.41, 5.74) is 0.813. The van der Waals surface area contributed by atoms with Crippen molar-refractivity contribution < 1.29 is 14.3 Å². The highest BCUT2D eigenvalue weighted by Gasteiger charge is 2.10. The lowest BCUT2D eigenvalue weighted by Gasteiger charge is -2.13. The van der Waals surface area contributed by atoms with Crippen molar-refractivity contribution in [2.24, 2.45) is 0 Å². The van der Waals surface area contributed by atoms with Gasteiger partial charge in [-0.25, -0.2) is 4.79 Å². The van der Waals surface area contributed by atoms with Crippen LogP contribution < -0.4 is 0 Å². The predicted molar refractivity (Wildman–Crippen MR) is 47.6 cm³/mol. The van der Waals surface area contributed by atoms with Crippen molar-refractivity contribution >= 4 is 6.47 Å². The van der Waals surface area contributed by atoms with E-state index < -0.39 is 6.29 Å². The molecule has 13 heavy (non-hydrogen) atoms. The summed E-state index contributed by atoms with van der Waals surface area (Å²) in [6.07, 6.45) is -0.635. The Kier molecular flexibility index (Phi) is 3.99. The summed E-state index contributed by atoms with van der Waals surface area (Å²) in [5, 5.41) is 0. The standard InChI is InChI=1S/C10H11O3/c1-2-12-10(13-8-11)9-6-4-3-5-7-9/h3-7,10H,2H2,1H3. The Morgan fingerprint density at radius 3 is 2.62 bits per heavy atom. The van der Waals surface area contributed by atoms with Crippen molar-refractivity contribution in [2.45, 2.75) is 13.2 Å². The zero-order valence-electron chi connectivity index (χ0n) is 7.40. The molecule has 0 aliphatic carbocycles. The lowest BCUT2D eigenvalue weighted by atomic mass is 10.2. The molecule has 0 aromatic heterocycles. The number of ether oxygens (including phenoxy) is 2. The molecule has 1 atom stereocenters. The molecule has 0 aliphatic rings. The summed E-state index contributed by atoms with van der Waals surface area (Å²) in [4.78, 5) is 10.0. The van der Waals surface area contributed by atoms with Crippen molar-refractivity contribution in [3.63, 3.8) is 0 Å². The molecule has 0 saturated heterocycles. The van der Waals surface area contributed by atoms with Crippen LogP contribution in [0.2, 0.25) is 0 Å². The largest absolute Gasteiger partial charge is 0.423 e. The second kappa shape index (κ2) is 5.32. The van der Waals surface area contributed by atoms with Crippen molar-refractivity contribution in [1.29, 1.82) is 0 Å². The molecule has 1 radical (unpaired) electrons. The van der Waals surface area contributed by atoms with Gasteiger partial charge in [0, 0.05) is 12.2 Å². The van der Waals surface area contributed by atoms with E-state index in [1.165, 1.54) is 6.47 Å². The van der Waals surface area contributed by atoms with Gasteiger partial charge in [-0.2, -0.15) is 0 Å². The molecule has 1 unspecified atom stereocenters. The Hall–Kier alpha value is -1.35. The Balaban J connectivity index is 2.69. The summed E-state index contributed by atoms with van der Waals surface area (Å²) in [7, 11) is 0. The lowest BCUT2D eigenvalue weighted by Crippen LogP contribution is -2.07. The molecule has 3 heteroatoms. The Bertz CT molecular complexity index is 246. The summed E-state index contributed by atoms with van der Waals surface area (Å²) in [5.74, 6) is 0. The molecule has 69 valence electrons. The van der Waals surface area contributed by atoms with Gasteiger partial charge < -0.3 is 9.47 Å². The first-order chi connectivity index (χ1) is 6.38. The first-order valence-electron chi connectivity index (χ1n) is 4.07. The molecule has 0 heterocycles. The third kappa shape index (κ3) is 2.87. The van der Waals surface area contributed by atoms with Gasteiger partial charge in [-0.05, 0) is 6.92 Å². The summed E-state index contributed by atoms with van der Waals surface area (Å²) in [6.45, 7) is 3.70. The topological polar surface area (TPSA) is 35.5 Å². The highest BCUT2D eigenvalue weighted by molar-refractivity contribution is 5.39. The lowest BCUT2D eigenvalue weighted by molar-refractivity contribution is -0.0880. The Labute approximate surface area is 77.3 Å². The van der Waals surface area contributed by atoms with E-state index in [-0.39, 0.29) is 0 Å². The van der Waals surface area contributed by atoms with Crippen LogP contribution in [0.5, 0.6) is 0 Å². The second-order valence-corrected chi connectivity index (χ2v) is 2.40. The SMILES string of the molecule is CCOC(O[C]=O)c1ccccc1. The molecule has 0 N–H and O–H groups in total. The van der Waals surface area contributed by atoms with E-state index in [0.29, 0.717) is 6.61 Å². The van der Waals surface area contributed by atoms with Crippen LogP contribution in [0.25, 0.3) is 0 Å². The van der Waals surface area contributed by atoms with Gasteiger partial charge in [-0.3, -0.25) is 0 Å². The normalized spacial score (nSPS) is 12.1. The molecular weight excluding hydrogens is 168 g/mol. The molecule has 0 saturated carbocycles. The van der Waals surface area contributed by atoms with Gasteiger partial charge in [0.1, 0.15) is 0 Å². The fraction of sp³-hybridized carbons (Fsp3) is 0.300. The summed E-state index contributed by atoms with van der Waals surface area (Å²) >= 11 is 0. The predicted octanol–water partition coefficient (Wildman–Crippen LogP) is 1.81. The van der Waals surface area contributed by atoms with Crippen molar-refractivity contribution in [3.8, 4) is 0 Å². The smallest absolute Gasteiger partial charge is 0.420 e. The van der Waals surface area contributed by atoms with Gasteiger partial charge in [0.25, 0.3) is 0 Å². The van der Waals surface area contributed by atoms with Crippen LogP contribution in [0.15, 0.2) is 30.3 Å². The van der Waals surface area contributed by atoms with Crippen LogP contribution in [0.1, 0.15) is 18.8 Å². The van der Waals surface area contributed by atoms with Crippen molar-refractivity contribution in [3.05, 3.63) is 35.9 Å². The minimum absolute atomic E-state index is 0.487. The van der Waals surface area contributed by atoms with Crippen LogP contribution in [-0.2, 0) is 14.3 Å². The quantitative estimate of drug-likeness (QED) is 0.646. The average molecular weight is 179 g/mol. The van der Waals surface area contributed by atoms with Gasteiger partial charge in [-0.15, -0.1) is 0 Å². The number of benzene rings is 1. The van der Waals surface area contributed by atoms with E-state index in [0.717, 1.165) is 5.56 Å². The Morgan fingerprint density at radius 2 is 2.08 bits per heavy atom. The zero-order valence-corrected chi connectivity index (χ0v) is 7.40. The van der Waals surface area contributed by atoms with E-state index >= 15 is 0 Å². The van der Waals surface area contributed by atoms with Crippen molar-refractivity contribution in [1.82, 2.24) is 0 Å². The van der Waals surface area contributed by atoms with E-state index in [2.05, 4.69) is 4.74 Å². The highest BCUT2D eigenvalue weighted by atomic mass is 16.7. The van der Waals surface area contributed by atoms with Gasteiger partial charge >= 0.3 is 6.47 Å².